The zero-order valence-electron chi connectivity index (χ0n) is 15.8. The molecule has 0 heterocycles. The monoisotopic (exact) mass is 479 g/mol. The molecule has 2 amide bonds. The van der Waals surface area contributed by atoms with Crippen LogP contribution in [-0.2, 0) is 4.79 Å². The van der Waals surface area contributed by atoms with Gasteiger partial charge in [-0.3, -0.25) is 9.59 Å². The highest BCUT2D eigenvalue weighted by Crippen LogP contribution is 2.13. The summed E-state index contributed by atoms with van der Waals surface area (Å²) in [7, 11) is 0. The fourth-order valence-corrected chi connectivity index (χ4v) is 3.05. The van der Waals surface area contributed by atoms with Crippen LogP contribution in [0.15, 0.2) is 48.5 Å². The smallest absolute Gasteiger partial charge is 0.253 e. The second-order valence-corrected chi connectivity index (χ2v) is 7.52. The molecule has 5 nitrogen and oxygen atoms in total. The van der Waals surface area contributed by atoms with E-state index in [0.717, 1.165) is 35.2 Å². The van der Waals surface area contributed by atoms with Crippen LogP contribution >= 0.6 is 22.6 Å². The summed E-state index contributed by atoms with van der Waals surface area (Å²) in [5.41, 5.74) is 2.23. The molecule has 2 aromatic carbocycles. The highest BCUT2D eigenvalue weighted by molar-refractivity contribution is 14.1. The number of amides is 2. The van der Waals surface area contributed by atoms with Gasteiger partial charge in [-0.05, 0) is 84.0 Å². The van der Waals surface area contributed by atoms with Crippen molar-refractivity contribution in [2.75, 3.05) is 30.3 Å². The van der Waals surface area contributed by atoms with Gasteiger partial charge in [-0.15, -0.1) is 0 Å². The molecule has 0 fully saturated rings. The number of carbonyl (C=O) groups is 2. The Kier molecular flexibility index (Phi) is 8.57. The van der Waals surface area contributed by atoms with Gasteiger partial charge in [-0.1, -0.05) is 13.8 Å². The quantitative estimate of drug-likeness (QED) is 0.517. The molecule has 0 aliphatic heterocycles. The summed E-state index contributed by atoms with van der Waals surface area (Å²) in [4.78, 5) is 26.5. The van der Waals surface area contributed by atoms with Crippen molar-refractivity contribution in [2.24, 2.45) is 0 Å². The Labute approximate surface area is 174 Å². The minimum absolute atomic E-state index is 0.0388. The molecule has 2 aromatic rings. The van der Waals surface area contributed by atoms with Gasteiger partial charge >= 0.3 is 0 Å². The number of rotatable bonds is 9. The second kappa shape index (κ2) is 10.9. The van der Waals surface area contributed by atoms with Crippen LogP contribution in [-0.4, -0.2) is 36.3 Å². The van der Waals surface area contributed by atoms with E-state index in [1.165, 1.54) is 0 Å². The zero-order chi connectivity index (χ0) is 19.6. The fourth-order valence-electron chi connectivity index (χ4n) is 2.69. The molecule has 0 saturated heterocycles. The molecular formula is C21H26IN3O2. The van der Waals surface area contributed by atoms with Crippen molar-refractivity contribution < 1.29 is 9.59 Å². The summed E-state index contributed by atoms with van der Waals surface area (Å²) in [5, 5.41) is 5.93. The normalized spacial score (nSPS) is 10.3. The maximum atomic E-state index is 12.6. The first-order valence-corrected chi connectivity index (χ1v) is 10.3. The Morgan fingerprint density at radius 3 is 2.00 bits per heavy atom. The molecule has 0 unspecified atom stereocenters. The Balaban J connectivity index is 1.89. The number of nitrogens with zero attached hydrogens (tertiary/aromatic N) is 1. The first-order chi connectivity index (χ1) is 13.0. The van der Waals surface area contributed by atoms with E-state index in [-0.39, 0.29) is 18.4 Å². The van der Waals surface area contributed by atoms with Gasteiger partial charge < -0.3 is 15.5 Å². The molecule has 6 heteroatoms. The summed E-state index contributed by atoms with van der Waals surface area (Å²) in [6.45, 7) is 5.84. The lowest BCUT2D eigenvalue weighted by Gasteiger charge is -2.21. The van der Waals surface area contributed by atoms with Crippen LogP contribution in [0, 0.1) is 3.57 Å². The molecule has 0 radical (unpaired) electrons. The summed E-state index contributed by atoms with van der Waals surface area (Å²) in [6.07, 6.45) is 1.88. The van der Waals surface area contributed by atoms with Gasteiger partial charge in [0.15, 0.2) is 0 Å². The molecule has 27 heavy (non-hydrogen) atoms. The number of benzene rings is 2. The van der Waals surface area contributed by atoms with Crippen LogP contribution < -0.4 is 10.6 Å². The zero-order valence-corrected chi connectivity index (χ0v) is 18.0. The average molecular weight is 479 g/mol. The lowest BCUT2D eigenvalue weighted by Crippen LogP contribution is -2.32. The van der Waals surface area contributed by atoms with E-state index in [1.54, 1.807) is 24.3 Å². The maximum absolute atomic E-state index is 12.6. The number of hydrogen-bond acceptors (Lipinski definition) is 3. The summed E-state index contributed by atoms with van der Waals surface area (Å²) in [5.74, 6) is -0.0943. The van der Waals surface area contributed by atoms with E-state index >= 15 is 0 Å². The van der Waals surface area contributed by atoms with Crippen molar-refractivity contribution in [1.29, 1.82) is 0 Å². The Morgan fingerprint density at radius 2 is 1.44 bits per heavy atom. The van der Waals surface area contributed by atoms with E-state index in [0.29, 0.717) is 11.3 Å². The van der Waals surface area contributed by atoms with Crippen LogP contribution in [0.2, 0.25) is 0 Å². The first-order valence-electron chi connectivity index (χ1n) is 9.22. The van der Waals surface area contributed by atoms with Crippen LogP contribution in [0.4, 0.5) is 11.4 Å². The van der Waals surface area contributed by atoms with Crippen molar-refractivity contribution in [2.45, 2.75) is 26.7 Å². The molecule has 0 aliphatic carbocycles. The van der Waals surface area contributed by atoms with Gasteiger partial charge in [0.25, 0.3) is 5.91 Å². The predicted octanol–water partition coefficient (Wildman–Crippen LogP) is 4.60. The standard InChI is InChI=1S/C21H26IN3O2/c1-3-13-25(14-4-2)21(27)16-5-9-19(10-6-16)24-20(26)15-23-18-11-7-17(22)8-12-18/h5-12,23H,3-4,13-15H2,1-2H3,(H,24,26). The van der Waals surface area contributed by atoms with Gasteiger partial charge in [0, 0.05) is 33.6 Å². The topological polar surface area (TPSA) is 61.4 Å². The molecule has 2 N–H and O–H groups in total. The Morgan fingerprint density at radius 1 is 0.889 bits per heavy atom. The molecule has 0 bridgehead atoms. The van der Waals surface area contributed by atoms with Crippen molar-refractivity contribution in [3.63, 3.8) is 0 Å². The van der Waals surface area contributed by atoms with Crippen molar-refractivity contribution in [3.8, 4) is 0 Å². The summed E-state index contributed by atoms with van der Waals surface area (Å²) in [6, 6.07) is 14.9. The average Bonchev–Trinajstić information content (AvgIpc) is 2.67. The summed E-state index contributed by atoms with van der Waals surface area (Å²) < 4.78 is 1.15. The van der Waals surface area contributed by atoms with Crippen LogP contribution in [0.5, 0.6) is 0 Å². The van der Waals surface area contributed by atoms with Crippen molar-refractivity contribution >= 4 is 45.8 Å². The third-order valence-corrected chi connectivity index (χ3v) is 4.71. The Bertz CT molecular complexity index is 739. The lowest BCUT2D eigenvalue weighted by atomic mass is 10.1. The SMILES string of the molecule is CCCN(CCC)C(=O)c1ccc(NC(=O)CNc2ccc(I)cc2)cc1. The van der Waals surface area contributed by atoms with Gasteiger partial charge in [0.1, 0.15) is 0 Å². The molecule has 144 valence electrons. The third kappa shape index (κ3) is 6.86. The fraction of sp³-hybridized carbons (Fsp3) is 0.333. The maximum Gasteiger partial charge on any atom is 0.253 e. The summed E-state index contributed by atoms with van der Waals surface area (Å²) >= 11 is 2.24. The molecule has 0 aliphatic rings. The van der Waals surface area contributed by atoms with E-state index < -0.39 is 0 Å². The van der Waals surface area contributed by atoms with Crippen LogP contribution in [0.25, 0.3) is 0 Å². The largest absolute Gasteiger partial charge is 0.376 e. The highest BCUT2D eigenvalue weighted by atomic mass is 127. The predicted molar refractivity (Wildman–Crippen MR) is 119 cm³/mol. The van der Waals surface area contributed by atoms with E-state index in [1.807, 2.05) is 29.2 Å². The number of nitrogens with one attached hydrogen (secondary N) is 2. The number of hydrogen-bond donors (Lipinski definition) is 2. The van der Waals surface area contributed by atoms with Gasteiger partial charge in [-0.25, -0.2) is 0 Å². The van der Waals surface area contributed by atoms with E-state index in [2.05, 4.69) is 47.1 Å². The van der Waals surface area contributed by atoms with Gasteiger partial charge in [-0.2, -0.15) is 0 Å². The minimum atomic E-state index is -0.133. The molecule has 0 atom stereocenters. The van der Waals surface area contributed by atoms with Crippen LogP contribution in [0.1, 0.15) is 37.0 Å². The molecular weight excluding hydrogens is 453 g/mol. The second-order valence-electron chi connectivity index (χ2n) is 6.28. The molecule has 0 saturated carbocycles. The Hall–Kier alpha value is -2.09. The van der Waals surface area contributed by atoms with Gasteiger partial charge in [0.2, 0.25) is 5.91 Å². The highest BCUT2D eigenvalue weighted by Gasteiger charge is 2.14. The minimum Gasteiger partial charge on any atom is -0.376 e. The van der Waals surface area contributed by atoms with Crippen LogP contribution in [0.3, 0.4) is 0 Å². The number of carbonyl (C=O) groups excluding carboxylic acids is 2. The molecule has 2 rings (SSSR count). The van der Waals surface area contributed by atoms with Crippen molar-refractivity contribution in [1.82, 2.24) is 4.90 Å². The van der Waals surface area contributed by atoms with Gasteiger partial charge in [0.05, 0.1) is 6.54 Å². The first kappa shape index (κ1) is 21.2. The number of halogens is 1. The number of anilines is 2. The van der Waals surface area contributed by atoms with E-state index in [4.69, 9.17) is 0 Å². The third-order valence-electron chi connectivity index (χ3n) is 3.99. The van der Waals surface area contributed by atoms with Crippen molar-refractivity contribution in [3.05, 3.63) is 57.7 Å². The molecule has 0 spiro atoms. The lowest BCUT2D eigenvalue weighted by molar-refractivity contribution is -0.114. The molecule has 0 aromatic heterocycles. The van der Waals surface area contributed by atoms with E-state index in [9.17, 15) is 9.59 Å².